The van der Waals surface area contributed by atoms with E-state index in [1.165, 1.54) is 0 Å². The van der Waals surface area contributed by atoms with Crippen LogP contribution in [0.2, 0.25) is 0 Å². The molecule has 1 N–H and O–H groups in total. The van der Waals surface area contributed by atoms with Gasteiger partial charge in [0.15, 0.2) is 11.3 Å². The van der Waals surface area contributed by atoms with E-state index in [0.717, 1.165) is 24.2 Å². The van der Waals surface area contributed by atoms with E-state index < -0.39 is 0 Å². The number of nitrogens with zero attached hydrogens (tertiary/aromatic N) is 8. The number of hydrogen-bond donors (Lipinski definition) is 1. The van der Waals surface area contributed by atoms with Gasteiger partial charge in [0.2, 0.25) is 0 Å². The van der Waals surface area contributed by atoms with Crippen LogP contribution in [0.3, 0.4) is 0 Å². The lowest BCUT2D eigenvalue weighted by atomic mass is 9.72. The maximum atomic E-state index is 12.9. The van der Waals surface area contributed by atoms with Crippen molar-refractivity contribution < 1.29 is 0 Å². The second-order valence-corrected chi connectivity index (χ2v) is 7.58. The maximum Gasteiger partial charge on any atom is 0.263 e. The summed E-state index contributed by atoms with van der Waals surface area (Å²) in [6, 6.07) is 3.57. The Morgan fingerprint density at radius 2 is 2.03 bits per heavy atom. The van der Waals surface area contributed by atoms with Crippen LogP contribution in [0, 0.1) is 11.3 Å². The highest BCUT2D eigenvalue weighted by Crippen LogP contribution is 2.46. The predicted octanol–water partition coefficient (Wildman–Crippen LogP) is 1.79. The van der Waals surface area contributed by atoms with Crippen LogP contribution in [0.4, 0.5) is 0 Å². The molecule has 1 aliphatic carbocycles. The molecule has 0 aromatic carbocycles. The van der Waals surface area contributed by atoms with Crippen molar-refractivity contribution in [1.29, 1.82) is 5.26 Å². The molecule has 0 saturated heterocycles. The summed E-state index contributed by atoms with van der Waals surface area (Å²) in [5.41, 5.74) is 1.03. The van der Waals surface area contributed by atoms with Crippen LogP contribution in [-0.2, 0) is 7.05 Å². The Hall–Kier alpha value is -3.87. The van der Waals surface area contributed by atoms with E-state index in [1.54, 1.807) is 34.0 Å². The average molecular weight is 401 g/mol. The Balaban J connectivity index is 1.62. The van der Waals surface area contributed by atoms with E-state index in [2.05, 4.69) is 25.1 Å². The van der Waals surface area contributed by atoms with Crippen LogP contribution < -0.4 is 5.56 Å². The topological polar surface area (TPSA) is 131 Å². The van der Waals surface area contributed by atoms with E-state index in [9.17, 15) is 10.1 Å². The molecule has 0 radical (unpaired) electrons. The number of aromatic amines is 1. The molecule has 0 aliphatic heterocycles. The van der Waals surface area contributed by atoms with Crippen molar-refractivity contribution in [3.8, 4) is 6.07 Å². The lowest BCUT2D eigenvalue weighted by molar-refractivity contribution is 0.319. The average Bonchev–Trinajstić information content (AvgIpc) is 3.31. The number of aromatic nitrogens is 8. The van der Waals surface area contributed by atoms with E-state index >= 15 is 0 Å². The summed E-state index contributed by atoms with van der Waals surface area (Å²) in [5, 5.41) is 18.3. The predicted molar refractivity (Wildman–Crippen MR) is 107 cm³/mol. The van der Waals surface area contributed by atoms with Crippen molar-refractivity contribution in [2.75, 3.05) is 0 Å². The highest BCUT2D eigenvalue weighted by atomic mass is 16.1. The van der Waals surface area contributed by atoms with Gasteiger partial charge in [0.1, 0.15) is 23.1 Å². The normalized spacial score (nSPS) is 19.4. The lowest BCUT2D eigenvalue weighted by Gasteiger charge is -2.34. The molecule has 10 heteroatoms. The van der Waals surface area contributed by atoms with E-state index in [0.29, 0.717) is 11.5 Å². The number of nitriles is 1. The van der Waals surface area contributed by atoms with Gasteiger partial charge in [-0.1, -0.05) is 0 Å². The molecule has 4 heterocycles. The van der Waals surface area contributed by atoms with Crippen LogP contribution in [0.25, 0.3) is 11.0 Å². The molecule has 150 valence electrons. The van der Waals surface area contributed by atoms with Crippen LogP contribution in [0.5, 0.6) is 0 Å². The first kappa shape index (κ1) is 18.2. The molecule has 30 heavy (non-hydrogen) atoms. The number of hydrogen-bond acceptors (Lipinski definition) is 7. The van der Waals surface area contributed by atoms with Crippen molar-refractivity contribution in [2.24, 2.45) is 7.05 Å². The molecule has 0 bridgehead atoms. The number of aryl methyl sites for hydroxylation is 1. The fraction of sp³-hybridized carbons (Fsp3) is 0.350. The summed E-state index contributed by atoms with van der Waals surface area (Å²) < 4.78 is 3.34. The fourth-order valence-electron chi connectivity index (χ4n) is 4.02. The van der Waals surface area contributed by atoms with Gasteiger partial charge in [-0.05, 0) is 25.8 Å². The first-order valence-corrected chi connectivity index (χ1v) is 9.74. The van der Waals surface area contributed by atoms with Gasteiger partial charge in [0.05, 0.1) is 12.2 Å². The summed E-state index contributed by atoms with van der Waals surface area (Å²) in [6.45, 7) is 1.94. The van der Waals surface area contributed by atoms with Crippen molar-refractivity contribution in [1.82, 2.24) is 39.5 Å². The molecule has 1 unspecified atom stereocenters. The van der Waals surface area contributed by atoms with Gasteiger partial charge in [-0.2, -0.15) is 15.5 Å². The quantitative estimate of drug-likeness (QED) is 0.551. The molecule has 3 atom stereocenters. The highest BCUT2D eigenvalue weighted by molar-refractivity contribution is 5.80. The SMILES string of the molecule is CC(c1cnn(C)c1)n1nc(C#N)c2c(=O)[nH]c([C@H]3CC[C@@H]3c3ncccn3)nc21. The second-order valence-electron chi connectivity index (χ2n) is 7.58. The molecular formula is C20H19N9O. The molecule has 1 aliphatic rings. The van der Waals surface area contributed by atoms with Gasteiger partial charge in [-0.25, -0.2) is 19.6 Å². The molecular weight excluding hydrogens is 382 g/mol. The van der Waals surface area contributed by atoms with Crippen LogP contribution in [0.1, 0.15) is 60.5 Å². The van der Waals surface area contributed by atoms with Gasteiger partial charge in [0, 0.05) is 43.0 Å². The zero-order chi connectivity index (χ0) is 20.8. The zero-order valence-electron chi connectivity index (χ0n) is 16.5. The minimum Gasteiger partial charge on any atom is -0.310 e. The van der Waals surface area contributed by atoms with Crippen molar-refractivity contribution in [2.45, 2.75) is 37.6 Å². The van der Waals surface area contributed by atoms with Crippen LogP contribution in [0.15, 0.2) is 35.6 Å². The molecule has 0 spiro atoms. The van der Waals surface area contributed by atoms with E-state index in [-0.39, 0.29) is 34.5 Å². The van der Waals surface area contributed by atoms with Gasteiger partial charge in [0.25, 0.3) is 5.56 Å². The standard InChI is InChI=1S/C20H19N9O/c1-11(12-9-24-28(2)10-12)29-19-16(15(8-21)27-29)20(30)26-18(25-19)14-5-4-13(14)17-22-6-3-7-23-17/h3,6-7,9-11,13-14H,4-5H2,1-2H3,(H,25,26,30)/t11?,13-,14-/m0/s1. The largest absolute Gasteiger partial charge is 0.310 e. The third-order valence-electron chi connectivity index (χ3n) is 5.80. The fourth-order valence-corrected chi connectivity index (χ4v) is 4.02. The minimum atomic E-state index is -0.351. The molecule has 4 aromatic rings. The Morgan fingerprint density at radius 3 is 2.67 bits per heavy atom. The van der Waals surface area contributed by atoms with Crippen molar-refractivity contribution >= 4 is 11.0 Å². The summed E-state index contributed by atoms with van der Waals surface area (Å²) >= 11 is 0. The van der Waals surface area contributed by atoms with Crippen molar-refractivity contribution in [3.63, 3.8) is 0 Å². The zero-order valence-corrected chi connectivity index (χ0v) is 16.5. The first-order valence-electron chi connectivity index (χ1n) is 9.74. The molecule has 10 nitrogen and oxygen atoms in total. The number of H-pyrrole nitrogens is 1. The summed E-state index contributed by atoms with van der Waals surface area (Å²) in [5.74, 6) is 1.47. The molecule has 0 amide bonds. The smallest absolute Gasteiger partial charge is 0.263 e. The second kappa shape index (κ2) is 6.88. The lowest BCUT2D eigenvalue weighted by Crippen LogP contribution is -2.28. The van der Waals surface area contributed by atoms with Gasteiger partial charge >= 0.3 is 0 Å². The monoisotopic (exact) mass is 401 g/mol. The Morgan fingerprint density at radius 1 is 1.27 bits per heavy atom. The van der Waals surface area contributed by atoms with Gasteiger partial charge in [-0.3, -0.25) is 9.48 Å². The highest BCUT2D eigenvalue weighted by Gasteiger charge is 2.37. The maximum absolute atomic E-state index is 12.9. The number of fused-ring (bicyclic) bond motifs is 1. The third kappa shape index (κ3) is 2.78. The molecule has 1 fully saturated rings. The van der Waals surface area contributed by atoms with Crippen molar-refractivity contribution in [3.05, 3.63) is 64.1 Å². The number of rotatable bonds is 4. The Kier molecular flexibility index (Phi) is 4.17. The van der Waals surface area contributed by atoms with Gasteiger partial charge in [-0.15, -0.1) is 0 Å². The van der Waals surface area contributed by atoms with Crippen LogP contribution in [-0.4, -0.2) is 39.5 Å². The van der Waals surface area contributed by atoms with Crippen LogP contribution >= 0.6 is 0 Å². The number of nitrogens with one attached hydrogen (secondary N) is 1. The van der Waals surface area contributed by atoms with E-state index in [4.69, 9.17) is 4.98 Å². The Labute approximate surface area is 171 Å². The minimum absolute atomic E-state index is 0.0204. The molecule has 4 aromatic heterocycles. The first-order chi connectivity index (χ1) is 14.6. The van der Waals surface area contributed by atoms with Gasteiger partial charge < -0.3 is 4.98 Å². The summed E-state index contributed by atoms with van der Waals surface area (Å²) in [6.07, 6.45) is 8.89. The summed E-state index contributed by atoms with van der Waals surface area (Å²) in [4.78, 5) is 29.3. The summed E-state index contributed by atoms with van der Waals surface area (Å²) in [7, 11) is 1.83. The van der Waals surface area contributed by atoms with E-state index in [1.807, 2.05) is 26.2 Å². The molecule has 5 rings (SSSR count). The Bertz CT molecular complexity index is 1330. The third-order valence-corrected chi connectivity index (χ3v) is 5.80. The molecule has 1 saturated carbocycles.